The number of ether oxygens (including phenoxy) is 1. The van der Waals surface area contributed by atoms with Gasteiger partial charge in [-0.1, -0.05) is 6.07 Å². The van der Waals surface area contributed by atoms with E-state index in [0.29, 0.717) is 9.32 Å². The Morgan fingerprint density at radius 2 is 2.24 bits per heavy atom. The lowest BCUT2D eigenvalue weighted by molar-refractivity contribution is 0.448. The number of aryl methyl sites for hydroxylation is 1. The average molecular weight is 346 g/mol. The minimum absolute atomic E-state index is 0.169. The van der Waals surface area contributed by atoms with Crippen molar-refractivity contribution in [1.82, 2.24) is 9.97 Å². The zero-order chi connectivity index (χ0) is 12.4. The van der Waals surface area contributed by atoms with Crippen LogP contribution in [-0.4, -0.2) is 9.97 Å². The molecule has 0 saturated carbocycles. The molecule has 6 heteroatoms. The summed E-state index contributed by atoms with van der Waals surface area (Å²) in [5.41, 5.74) is 0.480. The van der Waals surface area contributed by atoms with Gasteiger partial charge in [0, 0.05) is 6.07 Å². The number of benzene rings is 1. The molecule has 0 aliphatic rings. The molecule has 0 fully saturated rings. The first-order valence-electron chi connectivity index (χ1n) is 4.75. The Kier molecular flexibility index (Phi) is 3.41. The standard InChI is InChI=1S/C11H8FIN2O2/c1-6-2-3-7(12)4-8(6)17-11-9(13)10(16)14-5-15-11/h2-5H,1H3,(H,14,15,16). The van der Waals surface area contributed by atoms with Crippen LogP contribution in [0, 0.1) is 16.3 Å². The van der Waals surface area contributed by atoms with E-state index in [9.17, 15) is 9.18 Å². The van der Waals surface area contributed by atoms with E-state index in [-0.39, 0.29) is 11.4 Å². The first-order valence-corrected chi connectivity index (χ1v) is 5.83. The third-order valence-corrected chi connectivity index (χ3v) is 3.07. The van der Waals surface area contributed by atoms with Crippen LogP contribution in [0.2, 0.25) is 0 Å². The highest BCUT2D eigenvalue weighted by atomic mass is 127. The van der Waals surface area contributed by atoms with Crippen molar-refractivity contribution in [3.63, 3.8) is 0 Å². The van der Waals surface area contributed by atoms with Gasteiger partial charge in [-0.2, -0.15) is 0 Å². The maximum atomic E-state index is 13.1. The van der Waals surface area contributed by atoms with E-state index in [2.05, 4.69) is 9.97 Å². The van der Waals surface area contributed by atoms with Gasteiger partial charge in [0.05, 0.1) is 6.33 Å². The van der Waals surface area contributed by atoms with Gasteiger partial charge in [-0.25, -0.2) is 9.37 Å². The maximum absolute atomic E-state index is 13.1. The monoisotopic (exact) mass is 346 g/mol. The van der Waals surface area contributed by atoms with Gasteiger partial charge < -0.3 is 9.72 Å². The molecule has 0 atom stereocenters. The van der Waals surface area contributed by atoms with Gasteiger partial charge >= 0.3 is 0 Å². The molecule has 1 N–H and O–H groups in total. The molecule has 0 radical (unpaired) electrons. The Labute approximate surface area is 110 Å². The van der Waals surface area contributed by atoms with Crippen molar-refractivity contribution in [2.24, 2.45) is 0 Å². The van der Waals surface area contributed by atoms with Gasteiger partial charge in [-0.05, 0) is 41.1 Å². The number of halogens is 2. The summed E-state index contributed by atoms with van der Waals surface area (Å²) in [6, 6.07) is 4.21. The molecule has 4 nitrogen and oxygen atoms in total. The Morgan fingerprint density at radius 1 is 1.47 bits per heavy atom. The summed E-state index contributed by atoms with van der Waals surface area (Å²) >= 11 is 1.83. The fourth-order valence-electron chi connectivity index (χ4n) is 1.23. The third-order valence-electron chi connectivity index (χ3n) is 2.12. The second-order valence-corrected chi connectivity index (χ2v) is 4.44. The third kappa shape index (κ3) is 2.63. The summed E-state index contributed by atoms with van der Waals surface area (Å²) in [5.74, 6) is 0.120. The summed E-state index contributed by atoms with van der Waals surface area (Å²) in [6.45, 7) is 1.79. The first-order chi connectivity index (χ1) is 8.08. The molecule has 0 spiro atoms. The quantitative estimate of drug-likeness (QED) is 0.851. The van der Waals surface area contributed by atoms with Gasteiger partial charge in [0.2, 0.25) is 5.88 Å². The summed E-state index contributed by atoms with van der Waals surface area (Å²) in [6.07, 6.45) is 1.24. The van der Waals surface area contributed by atoms with Crippen molar-refractivity contribution in [3.05, 3.63) is 49.8 Å². The number of rotatable bonds is 2. The normalized spacial score (nSPS) is 10.3. The van der Waals surface area contributed by atoms with E-state index in [1.165, 1.54) is 18.5 Å². The zero-order valence-electron chi connectivity index (χ0n) is 8.83. The number of hydrogen-bond donors (Lipinski definition) is 1. The fraction of sp³-hybridized carbons (Fsp3) is 0.0909. The summed E-state index contributed by atoms with van der Waals surface area (Å²) in [5, 5.41) is 0. The predicted molar refractivity (Wildman–Crippen MR) is 68.8 cm³/mol. The predicted octanol–water partition coefficient (Wildman–Crippen LogP) is 2.61. The molecular formula is C11H8FIN2O2. The summed E-state index contributed by atoms with van der Waals surface area (Å²) < 4.78 is 18.8. The highest BCUT2D eigenvalue weighted by Gasteiger charge is 2.09. The highest BCUT2D eigenvalue weighted by Crippen LogP contribution is 2.25. The van der Waals surface area contributed by atoms with Crippen LogP contribution in [0.3, 0.4) is 0 Å². The Morgan fingerprint density at radius 3 is 3.00 bits per heavy atom. The van der Waals surface area contributed by atoms with Crippen LogP contribution in [0.4, 0.5) is 4.39 Å². The van der Waals surface area contributed by atoms with Gasteiger partial charge in [0.15, 0.2) is 0 Å². The van der Waals surface area contributed by atoms with E-state index in [1.807, 2.05) is 22.6 Å². The van der Waals surface area contributed by atoms with Crippen molar-refractivity contribution in [2.75, 3.05) is 0 Å². The number of nitrogens with zero attached hydrogens (tertiary/aromatic N) is 1. The van der Waals surface area contributed by atoms with Crippen LogP contribution in [0.1, 0.15) is 5.56 Å². The van der Waals surface area contributed by atoms with Gasteiger partial charge in [-0.3, -0.25) is 4.79 Å². The second-order valence-electron chi connectivity index (χ2n) is 3.36. The largest absolute Gasteiger partial charge is 0.437 e. The molecule has 2 aromatic rings. The molecule has 0 aliphatic carbocycles. The Balaban J connectivity index is 2.41. The summed E-state index contributed by atoms with van der Waals surface area (Å²) in [7, 11) is 0. The number of nitrogens with one attached hydrogen (secondary N) is 1. The molecule has 17 heavy (non-hydrogen) atoms. The van der Waals surface area contributed by atoms with Gasteiger partial charge in [-0.15, -0.1) is 0 Å². The van der Waals surface area contributed by atoms with E-state index in [0.717, 1.165) is 5.56 Å². The minimum Gasteiger partial charge on any atom is -0.437 e. The SMILES string of the molecule is Cc1ccc(F)cc1Oc1nc[nH]c(=O)c1I. The molecule has 1 aromatic carbocycles. The van der Waals surface area contributed by atoms with Crippen LogP contribution in [0.5, 0.6) is 11.6 Å². The van der Waals surface area contributed by atoms with Crippen LogP contribution in [0.15, 0.2) is 29.3 Å². The highest BCUT2D eigenvalue weighted by molar-refractivity contribution is 14.1. The topological polar surface area (TPSA) is 55.0 Å². The molecule has 1 aromatic heterocycles. The minimum atomic E-state index is -0.398. The zero-order valence-corrected chi connectivity index (χ0v) is 11.0. The lowest BCUT2D eigenvalue weighted by atomic mass is 10.2. The molecule has 0 unspecified atom stereocenters. The lowest BCUT2D eigenvalue weighted by Gasteiger charge is -2.08. The molecular weight excluding hydrogens is 338 g/mol. The molecule has 0 bridgehead atoms. The van der Waals surface area contributed by atoms with Crippen molar-refractivity contribution >= 4 is 22.6 Å². The second kappa shape index (κ2) is 4.82. The van der Waals surface area contributed by atoms with Crippen LogP contribution < -0.4 is 10.3 Å². The van der Waals surface area contributed by atoms with Crippen LogP contribution in [-0.2, 0) is 0 Å². The molecule has 0 amide bonds. The van der Waals surface area contributed by atoms with Crippen molar-refractivity contribution < 1.29 is 9.13 Å². The fourth-order valence-corrected chi connectivity index (χ4v) is 1.63. The number of hydrogen-bond acceptors (Lipinski definition) is 3. The van der Waals surface area contributed by atoms with Gasteiger partial charge in [0.25, 0.3) is 5.56 Å². The van der Waals surface area contributed by atoms with E-state index in [4.69, 9.17) is 4.74 Å². The molecule has 88 valence electrons. The van der Waals surface area contributed by atoms with Crippen molar-refractivity contribution in [1.29, 1.82) is 0 Å². The number of aromatic nitrogens is 2. The number of H-pyrrole nitrogens is 1. The number of aromatic amines is 1. The smallest absolute Gasteiger partial charge is 0.268 e. The Bertz CT molecular complexity index is 613. The molecule has 0 saturated heterocycles. The molecule has 1 heterocycles. The van der Waals surface area contributed by atoms with E-state index in [1.54, 1.807) is 13.0 Å². The average Bonchev–Trinajstić information content (AvgIpc) is 2.30. The van der Waals surface area contributed by atoms with Crippen molar-refractivity contribution in [3.8, 4) is 11.6 Å². The summed E-state index contributed by atoms with van der Waals surface area (Å²) in [4.78, 5) is 17.6. The van der Waals surface area contributed by atoms with Crippen molar-refractivity contribution in [2.45, 2.75) is 6.92 Å². The van der Waals surface area contributed by atoms with Crippen LogP contribution >= 0.6 is 22.6 Å². The molecule has 0 aliphatic heterocycles. The van der Waals surface area contributed by atoms with E-state index < -0.39 is 5.82 Å². The Hall–Kier alpha value is -1.44. The maximum Gasteiger partial charge on any atom is 0.268 e. The molecule has 2 rings (SSSR count). The van der Waals surface area contributed by atoms with E-state index >= 15 is 0 Å². The van der Waals surface area contributed by atoms with Crippen LogP contribution in [0.25, 0.3) is 0 Å². The first kappa shape index (κ1) is 12.0. The van der Waals surface area contributed by atoms with Gasteiger partial charge in [0.1, 0.15) is 15.1 Å². The lowest BCUT2D eigenvalue weighted by Crippen LogP contribution is -2.11.